The van der Waals surface area contributed by atoms with Gasteiger partial charge in [-0.3, -0.25) is 0 Å². The van der Waals surface area contributed by atoms with Gasteiger partial charge in [0.25, 0.3) is 0 Å². The van der Waals surface area contributed by atoms with E-state index in [9.17, 15) is 4.79 Å². The summed E-state index contributed by atoms with van der Waals surface area (Å²) in [5.74, 6) is 0.417. The van der Waals surface area contributed by atoms with Crippen LogP contribution in [0, 0.1) is 0 Å². The summed E-state index contributed by atoms with van der Waals surface area (Å²) in [6.45, 7) is 0.279. The zero-order valence-electron chi connectivity index (χ0n) is 11.2. The third-order valence-electron chi connectivity index (χ3n) is 2.68. The molecule has 20 heavy (non-hydrogen) atoms. The lowest BCUT2D eigenvalue weighted by Gasteiger charge is -2.01. The number of anilines is 1. The third-order valence-corrected chi connectivity index (χ3v) is 2.68. The van der Waals surface area contributed by atoms with Crippen LogP contribution < -0.4 is 5.32 Å². The van der Waals surface area contributed by atoms with Crippen LogP contribution in [0.1, 0.15) is 11.1 Å². The normalized spacial score (nSPS) is 10.4. The van der Waals surface area contributed by atoms with Crippen molar-refractivity contribution in [1.29, 1.82) is 0 Å². The van der Waals surface area contributed by atoms with E-state index in [0.29, 0.717) is 0 Å². The summed E-state index contributed by atoms with van der Waals surface area (Å²) in [6, 6.07) is 13.3. The van der Waals surface area contributed by atoms with Gasteiger partial charge in [0.2, 0.25) is 0 Å². The molecule has 1 aromatic carbocycles. The molecule has 102 valence electrons. The van der Waals surface area contributed by atoms with E-state index in [1.807, 2.05) is 42.5 Å². The van der Waals surface area contributed by atoms with E-state index in [2.05, 4.69) is 10.3 Å². The van der Waals surface area contributed by atoms with Crippen LogP contribution in [-0.4, -0.2) is 18.0 Å². The molecule has 0 atom stereocenters. The first kappa shape index (κ1) is 13.8. The molecule has 0 saturated heterocycles. The number of pyridine rings is 1. The number of hydrogen-bond acceptors (Lipinski definition) is 4. The summed E-state index contributed by atoms with van der Waals surface area (Å²) in [6.07, 6.45) is 4.77. The van der Waals surface area contributed by atoms with Gasteiger partial charge >= 0.3 is 5.97 Å². The molecule has 0 unspecified atom stereocenters. The molecule has 2 aromatic rings. The Kier molecular flexibility index (Phi) is 4.89. The van der Waals surface area contributed by atoms with Crippen molar-refractivity contribution >= 4 is 17.9 Å². The van der Waals surface area contributed by atoms with Gasteiger partial charge in [-0.25, -0.2) is 9.78 Å². The van der Waals surface area contributed by atoms with E-state index < -0.39 is 0 Å². The Morgan fingerprint density at radius 3 is 2.70 bits per heavy atom. The minimum Gasteiger partial charge on any atom is -0.458 e. The van der Waals surface area contributed by atoms with Crippen LogP contribution >= 0.6 is 0 Å². The van der Waals surface area contributed by atoms with Crippen molar-refractivity contribution in [2.75, 3.05) is 12.4 Å². The summed E-state index contributed by atoms with van der Waals surface area (Å²) >= 11 is 0. The molecule has 2 rings (SSSR count). The van der Waals surface area contributed by atoms with Crippen molar-refractivity contribution in [3.8, 4) is 0 Å². The first-order chi connectivity index (χ1) is 9.78. The maximum Gasteiger partial charge on any atom is 0.331 e. The molecule has 0 saturated carbocycles. The molecular weight excluding hydrogens is 252 g/mol. The van der Waals surface area contributed by atoms with Crippen LogP contribution in [-0.2, 0) is 16.1 Å². The monoisotopic (exact) mass is 268 g/mol. The van der Waals surface area contributed by atoms with E-state index in [1.54, 1.807) is 19.3 Å². The van der Waals surface area contributed by atoms with Crippen LogP contribution in [0.2, 0.25) is 0 Å². The van der Waals surface area contributed by atoms with Crippen molar-refractivity contribution in [1.82, 2.24) is 4.98 Å². The molecule has 0 fully saturated rings. The Morgan fingerprint density at radius 1 is 1.25 bits per heavy atom. The summed E-state index contributed by atoms with van der Waals surface area (Å²) < 4.78 is 5.14. The second-order valence-electron chi connectivity index (χ2n) is 4.15. The average molecular weight is 268 g/mol. The molecule has 0 radical (unpaired) electrons. The van der Waals surface area contributed by atoms with Crippen molar-refractivity contribution in [2.45, 2.75) is 6.61 Å². The summed E-state index contributed by atoms with van der Waals surface area (Å²) in [7, 11) is 1.80. The van der Waals surface area contributed by atoms with Crippen molar-refractivity contribution < 1.29 is 9.53 Å². The molecule has 4 nitrogen and oxygen atoms in total. The van der Waals surface area contributed by atoms with Crippen LogP contribution in [0.5, 0.6) is 0 Å². The highest BCUT2D eigenvalue weighted by atomic mass is 16.5. The molecule has 0 aliphatic carbocycles. The number of nitrogens with one attached hydrogen (secondary N) is 1. The average Bonchev–Trinajstić information content (AvgIpc) is 2.52. The van der Waals surface area contributed by atoms with Crippen LogP contribution in [0.3, 0.4) is 0 Å². The maximum atomic E-state index is 11.6. The molecule has 0 aliphatic rings. The van der Waals surface area contributed by atoms with Crippen molar-refractivity contribution in [2.24, 2.45) is 0 Å². The molecule has 0 spiro atoms. The minimum absolute atomic E-state index is 0.279. The van der Waals surface area contributed by atoms with E-state index in [1.165, 1.54) is 6.08 Å². The van der Waals surface area contributed by atoms with Gasteiger partial charge in [-0.1, -0.05) is 30.3 Å². The number of rotatable bonds is 5. The summed E-state index contributed by atoms with van der Waals surface area (Å²) in [5.41, 5.74) is 1.81. The molecule has 1 N–H and O–H groups in total. The fourth-order valence-electron chi connectivity index (χ4n) is 1.59. The standard InChI is InChI=1S/C16H16N2O2/c1-17-15-9-7-13(11-18-15)8-10-16(19)20-12-14-5-3-2-4-6-14/h2-11H,12H2,1H3,(H,17,18). The van der Waals surface area contributed by atoms with E-state index >= 15 is 0 Å². The quantitative estimate of drug-likeness (QED) is 0.669. The van der Waals surface area contributed by atoms with Crippen LogP contribution in [0.25, 0.3) is 6.08 Å². The summed E-state index contributed by atoms with van der Waals surface area (Å²) in [5, 5.41) is 2.93. The highest BCUT2D eigenvalue weighted by molar-refractivity contribution is 5.87. The Balaban J connectivity index is 1.85. The Bertz CT molecular complexity index is 577. The topological polar surface area (TPSA) is 51.2 Å². The van der Waals surface area contributed by atoms with Gasteiger partial charge in [0.15, 0.2) is 0 Å². The predicted molar refractivity (Wildman–Crippen MR) is 79.1 cm³/mol. The van der Waals surface area contributed by atoms with Gasteiger partial charge in [0, 0.05) is 19.3 Å². The van der Waals surface area contributed by atoms with Crippen LogP contribution in [0.4, 0.5) is 5.82 Å². The zero-order valence-corrected chi connectivity index (χ0v) is 11.2. The number of benzene rings is 1. The predicted octanol–water partition coefficient (Wildman–Crippen LogP) is 2.88. The van der Waals surface area contributed by atoms with E-state index in [0.717, 1.165) is 16.9 Å². The highest BCUT2D eigenvalue weighted by Crippen LogP contribution is 2.06. The maximum absolute atomic E-state index is 11.6. The lowest BCUT2D eigenvalue weighted by atomic mass is 10.2. The fourth-order valence-corrected chi connectivity index (χ4v) is 1.59. The zero-order chi connectivity index (χ0) is 14.2. The second kappa shape index (κ2) is 7.09. The molecule has 0 amide bonds. The largest absolute Gasteiger partial charge is 0.458 e. The number of ether oxygens (including phenoxy) is 1. The summed E-state index contributed by atoms with van der Waals surface area (Å²) in [4.78, 5) is 15.7. The number of carbonyl (C=O) groups is 1. The fraction of sp³-hybridized carbons (Fsp3) is 0.125. The number of carbonyl (C=O) groups excluding carboxylic acids is 1. The van der Waals surface area contributed by atoms with Gasteiger partial charge in [-0.05, 0) is 29.3 Å². The Labute approximate surface area is 118 Å². The molecule has 0 aliphatic heterocycles. The molecule has 1 heterocycles. The number of esters is 1. The SMILES string of the molecule is CNc1ccc(C=CC(=O)OCc2ccccc2)cn1. The molecular formula is C16H16N2O2. The van der Waals surface area contributed by atoms with Gasteiger partial charge in [0.1, 0.15) is 12.4 Å². The smallest absolute Gasteiger partial charge is 0.331 e. The molecule has 0 bridgehead atoms. The van der Waals surface area contributed by atoms with Gasteiger partial charge in [0.05, 0.1) is 0 Å². The number of hydrogen-bond donors (Lipinski definition) is 1. The van der Waals surface area contributed by atoms with Gasteiger partial charge in [-0.15, -0.1) is 0 Å². The lowest BCUT2D eigenvalue weighted by Crippen LogP contribution is -2.00. The Morgan fingerprint density at radius 2 is 2.05 bits per heavy atom. The van der Waals surface area contributed by atoms with E-state index in [-0.39, 0.29) is 12.6 Å². The van der Waals surface area contributed by atoms with Gasteiger partial charge < -0.3 is 10.1 Å². The van der Waals surface area contributed by atoms with Crippen LogP contribution in [0.15, 0.2) is 54.7 Å². The third kappa shape index (κ3) is 4.24. The second-order valence-corrected chi connectivity index (χ2v) is 4.15. The first-order valence-electron chi connectivity index (χ1n) is 6.30. The number of aromatic nitrogens is 1. The molecule has 4 heteroatoms. The molecule has 1 aromatic heterocycles. The van der Waals surface area contributed by atoms with Crippen molar-refractivity contribution in [3.63, 3.8) is 0 Å². The Hall–Kier alpha value is -2.62. The minimum atomic E-state index is -0.369. The highest BCUT2D eigenvalue weighted by Gasteiger charge is 1.98. The lowest BCUT2D eigenvalue weighted by molar-refractivity contribution is -0.138. The van der Waals surface area contributed by atoms with E-state index in [4.69, 9.17) is 4.74 Å². The van der Waals surface area contributed by atoms with Crippen molar-refractivity contribution in [3.05, 3.63) is 65.9 Å². The number of nitrogens with zero attached hydrogens (tertiary/aromatic N) is 1. The van der Waals surface area contributed by atoms with Gasteiger partial charge in [-0.2, -0.15) is 0 Å². The first-order valence-corrected chi connectivity index (χ1v) is 6.30.